The number of alkyl halides is 3. The summed E-state index contributed by atoms with van der Waals surface area (Å²) in [7, 11) is 3.07. The molecule has 0 radical (unpaired) electrons. The van der Waals surface area contributed by atoms with E-state index in [1.54, 1.807) is 7.11 Å². The largest absolute Gasteiger partial charge is 0.496 e. The predicted octanol–water partition coefficient (Wildman–Crippen LogP) is 3.06. The average molecular weight is 355 g/mol. The normalized spacial score (nSPS) is 16.6. The number of fused-ring (bicyclic) bond motifs is 1. The van der Waals surface area contributed by atoms with E-state index in [9.17, 15) is 13.2 Å². The SMILES string of the molecule is COc1cc2c(cc1CNCc1c(C(F)(F)F)cnn1C)OC(C)C2. The number of hydrogen-bond donors (Lipinski definition) is 1. The van der Waals surface area contributed by atoms with Gasteiger partial charge in [-0.2, -0.15) is 18.3 Å². The lowest BCUT2D eigenvalue weighted by molar-refractivity contribution is -0.138. The number of aromatic nitrogens is 2. The fourth-order valence-electron chi connectivity index (χ4n) is 3.03. The molecule has 136 valence electrons. The van der Waals surface area contributed by atoms with E-state index in [0.717, 1.165) is 29.5 Å². The lowest BCUT2D eigenvalue weighted by atomic mass is 10.1. The minimum Gasteiger partial charge on any atom is -0.496 e. The molecule has 1 aromatic heterocycles. The molecule has 0 spiro atoms. The first-order chi connectivity index (χ1) is 11.8. The quantitative estimate of drug-likeness (QED) is 0.896. The Morgan fingerprint density at radius 2 is 2.12 bits per heavy atom. The highest BCUT2D eigenvalue weighted by molar-refractivity contribution is 5.48. The van der Waals surface area contributed by atoms with Gasteiger partial charge >= 0.3 is 6.18 Å². The van der Waals surface area contributed by atoms with Crippen LogP contribution in [0.15, 0.2) is 18.3 Å². The number of halogens is 3. The fraction of sp³-hybridized carbons (Fsp3) is 0.471. The molecule has 0 aliphatic carbocycles. The zero-order valence-corrected chi connectivity index (χ0v) is 14.3. The van der Waals surface area contributed by atoms with Crippen molar-refractivity contribution in [3.8, 4) is 11.5 Å². The zero-order valence-electron chi connectivity index (χ0n) is 14.3. The second-order valence-electron chi connectivity index (χ2n) is 6.13. The number of ether oxygens (including phenoxy) is 2. The monoisotopic (exact) mass is 355 g/mol. The Hall–Kier alpha value is -2.22. The third-order valence-corrected chi connectivity index (χ3v) is 4.27. The number of methoxy groups -OCH3 is 1. The van der Waals surface area contributed by atoms with Crippen molar-refractivity contribution < 1.29 is 22.6 Å². The van der Waals surface area contributed by atoms with Gasteiger partial charge in [-0.3, -0.25) is 4.68 Å². The van der Waals surface area contributed by atoms with Crippen molar-refractivity contribution >= 4 is 0 Å². The highest BCUT2D eigenvalue weighted by Crippen LogP contribution is 2.35. The van der Waals surface area contributed by atoms with E-state index in [0.29, 0.717) is 12.3 Å². The summed E-state index contributed by atoms with van der Waals surface area (Å²) in [5.41, 5.74) is 1.29. The first-order valence-corrected chi connectivity index (χ1v) is 7.94. The third-order valence-electron chi connectivity index (χ3n) is 4.27. The van der Waals surface area contributed by atoms with Gasteiger partial charge in [-0.25, -0.2) is 0 Å². The lowest BCUT2D eigenvalue weighted by Gasteiger charge is -2.13. The van der Waals surface area contributed by atoms with Gasteiger partial charge in [0.25, 0.3) is 0 Å². The van der Waals surface area contributed by atoms with Gasteiger partial charge in [0.1, 0.15) is 17.6 Å². The Kier molecular flexibility index (Phi) is 4.64. The second-order valence-corrected chi connectivity index (χ2v) is 6.13. The molecule has 1 aliphatic heterocycles. The van der Waals surface area contributed by atoms with Gasteiger partial charge in [0, 0.05) is 37.7 Å². The van der Waals surface area contributed by atoms with Crippen LogP contribution in [0.1, 0.15) is 29.3 Å². The third kappa shape index (κ3) is 3.58. The van der Waals surface area contributed by atoms with Crippen molar-refractivity contribution in [3.63, 3.8) is 0 Å². The highest BCUT2D eigenvalue weighted by Gasteiger charge is 2.35. The minimum atomic E-state index is -4.42. The van der Waals surface area contributed by atoms with Crippen LogP contribution in [-0.2, 0) is 32.7 Å². The molecule has 0 saturated carbocycles. The topological polar surface area (TPSA) is 48.3 Å². The number of nitrogens with one attached hydrogen (secondary N) is 1. The molecule has 0 bridgehead atoms. The average Bonchev–Trinajstić information content (AvgIpc) is 3.07. The van der Waals surface area contributed by atoms with Crippen molar-refractivity contribution in [1.29, 1.82) is 0 Å². The van der Waals surface area contributed by atoms with Gasteiger partial charge in [-0.1, -0.05) is 0 Å². The van der Waals surface area contributed by atoms with Gasteiger partial charge in [-0.15, -0.1) is 0 Å². The molecule has 3 rings (SSSR count). The second kappa shape index (κ2) is 6.59. The number of rotatable bonds is 5. The van der Waals surface area contributed by atoms with Crippen molar-refractivity contribution in [3.05, 3.63) is 40.7 Å². The van der Waals surface area contributed by atoms with E-state index < -0.39 is 11.7 Å². The number of hydrogen-bond acceptors (Lipinski definition) is 4. The number of nitrogens with zero attached hydrogens (tertiary/aromatic N) is 2. The van der Waals surface area contributed by atoms with Crippen LogP contribution in [0.2, 0.25) is 0 Å². The van der Waals surface area contributed by atoms with Crippen LogP contribution in [-0.4, -0.2) is 23.0 Å². The molecule has 1 N–H and O–H groups in total. The van der Waals surface area contributed by atoms with Gasteiger partial charge < -0.3 is 14.8 Å². The van der Waals surface area contributed by atoms with E-state index in [2.05, 4.69) is 10.4 Å². The summed E-state index contributed by atoms with van der Waals surface area (Å²) in [4.78, 5) is 0. The summed E-state index contributed by atoms with van der Waals surface area (Å²) in [6, 6.07) is 3.82. The van der Waals surface area contributed by atoms with Crippen LogP contribution in [0.3, 0.4) is 0 Å². The summed E-state index contributed by atoms with van der Waals surface area (Å²) < 4.78 is 51.4. The fourth-order valence-corrected chi connectivity index (χ4v) is 3.03. The molecular weight excluding hydrogens is 335 g/mol. The Morgan fingerprint density at radius 3 is 2.80 bits per heavy atom. The van der Waals surface area contributed by atoms with Crippen molar-refractivity contribution in [2.24, 2.45) is 7.05 Å². The van der Waals surface area contributed by atoms with Gasteiger partial charge in [0.15, 0.2) is 0 Å². The Bertz CT molecular complexity index is 771. The van der Waals surface area contributed by atoms with Crippen LogP contribution < -0.4 is 14.8 Å². The molecule has 1 atom stereocenters. The van der Waals surface area contributed by atoms with Gasteiger partial charge in [0.2, 0.25) is 0 Å². The van der Waals surface area contributed by atoms with E-state index in [1.165, 1.54) is 11.7 Å². The molecule has 5 nitrogen and oxygen atoms in total. The summed E-state index contributed by atoms with van der Waals surface area (Å²) in [6.45, 7) is 2.39. The van der Waals surface area contributed by atoms with Crippen LogP contribution in [0, 0.1) is 0 Å². The van der Waals surface area contributed by atoms with E-state index >= 15 is 0 Å². The molecule has 0 fully saturated rings. The molecule has 1 aromatic carbocycles. The molecule has 8 heteroatoms. The van der Waals surface area contributed by atoms with Crippen LogP contribution >= 0.6 is 0 Å². The van der Waals surface area contributed by atoms with E-state index in [-0.39, 0.29) is 18.3 Å². The van der Waals surface area contributed by atoms with E-state index in [1.807, 2.05) is 19.1 Å². The van der Waals surface area contributed by atoms with Crippen molar-refractivity contribution in [2.45, 2.75) is 38.7 Å². The first kappa shape index (κ1) is 17.6. The zero-order chi connectivity index (χ0) is 18.2. The Balaban J connectivity index is 1.73. The summed E-state index contributed by atoms with van der Waals surface area (Å²) >= 11 is 0. The molecule has 25 heavy (non-hydrogen) atoms. The highest BCUT2D eigenvalue weighted by atomic mass is 19.4. The summed E-state index contributed by atoms with van der Waals surface area (Å²) in [6.07, 6.45) is -2.63. The molecule has 1 unspecified atom stereocenters. The van der Waals surface area contributed by atoms with Crippen molar-refractivity contribution in [2.75, 3.05) is 7.11 Å². The van der Waals surface area contributed by atoms with Crippen LogP contribution in [0.5, 0.6) is 11.5 Å². The van der Waals surface area contributed by atoms with Gasteiger partial charge in [0.05, 0.1) is 24.6 Å². The maximum Gasteiger partial charge on any atom is 0.419 e. The molecule has 2 aromatic rings. The van der Waals surface area contributed by atoms with Crippen LogP contribution in [0.4, 0.5) is 13.2 Å². The molecule has 0 saturated heterocycles. The van der Waals surface area contributed by atoms with E-state index in [4.69, 9.17) is 9.47 Å². The Morgan fingerprint density at radius 1 is 1.36 bits per heavy atom. The molecule has 0 amide bonds. The molecule has 2 heterocycles. The van der Waals surface area contributed by atoms with Crippen LogP contribution in [0.25, 0.3) is 0 Å². The first-order valence-electron chi connectivity index (χ1n) is 7.94. The maximum absolute atomic E-state index is 13.0. The van der Waals surface area contributed by atoms with Crippen molar-refractivity contribution in [1.82, 2.24) is 15.1 Å². The molecule has 1 aliphatic rings. The van der Waals surface area contributed by atoms with Gasteiger partial charge in [-0.05, 0) is 19.1 Å². The molecular formula is C17H20F3N3O2. The smallest absolute Gasteiger partial charge is 0.419 e. The minimum absolute atomic E-state index is 0.0445. The maximum atomic E-state index is 13.0. The summed E-state index contributed by atoms with van der Waals surface area (Å²) in [5.74, 6) is 1.51. The lowest BCUT2D eigenvalue weighted by Crippen LogP contribution is -2.19. The number of aryl methyl sites for hydroxylation is 1. The predicted molar refractivity (Wildman–Crippen MR) is 85.5 cm³/mol. The standard InChI is InChI=1S/C17H20F3N3O2/c1-10-4-11-5-15(24-3)12(6-16(11)25-10)7-21-9-14-13(17(18,19)20)8-22-23(14)2/h5-6,8,10,21H,4,7,9H2,1-3H3. The Labute approximate surface area is 143 Å². The summed E-state index contributed by atoms with van der Waals surface area (Å²) in [5, 5.41) is 6.75. The number of benzene rings is 1.